The standard InChI is InChI=1S/C18H23N3OS.2ClH/c1-12-3-5-14(6-4-12)18-20-15(11-23-18)9-17(22)21-16-10-19-8-7-13(16)2;;/h3-6,11,13,16,19H,7-10H2,1-2H3,(H,21,22);2*1H. The maximum Gasteiger partial charge on any atom is 0.226 e. The van der Waals surface area contributed by atoms with E-state index in [0.717, 1.165) is 35.8 Å². The number of benzene rings is 1. The minimum Gasteiger partial charge on any atom is -0.351 e. The zero-order valence-electron chi connectivity index (χ0n) is 14.5. The van der Waals surface area contributed by atoms with Crippen molar-refractivity contribution in [3.05, 3.63) is 40.9 Å². The van der Waals surface area contributed by atoms with Crippen LogP contribution in [-0.2, 0) is 11.2 Å². The van der Waals surface area contributed by atoms with E-state index in [4.69, 9.17) is 0 Å². The average Bonchev–Trinajstić information content (AvgIpc) is 2.98. The number of nitrogens with one attached hydrogen (secondary N) is 2. The number of aromatic nitrogens is 1. The fourth-order valence-corrected chi connectivity index (χ4v) is 3.65. The molecule has 1 amide bonds. The molecule has 1 aliphatic rings. The van der Waals surface area contributed by atoms with Gasteiger partial charge in [-0.25, -0.2) is 4.98 Å². The first-order valence-corrected chi connectivity index (χ1v) is 9.01. The Balaban J connectivity index is 0.00000156. The van der Waals surface area contributed by atoms with Crippen LogP contribution in [0.2, 0.25) is 0 Å². The molecule has 4 nitrogen and oxygen atoms in total. The number of thiazole rings is 1. The summed E-state index contributed by atoms with van der Waals surface area (Å²) >= 11 is 1.59. The number of rotatable bonds is 4. The highest BCUT2D eigenvalue weighted by atomic mass is 35.5. The van der Waals surface area contributed by atoms with Gasteiger partial charge in [-0.1, -0.05) is 36.8 Å². The van der Waals surface area contributed by atoms with Gasteiger partial charge in [0.2, 0.25) is 5.91 Å². The molecule has 0 saturated carbocycles. The number of nitrogens with zero attached hydrogens (tertiary/aromatic N) is 1. The summed E-state index contributed by atoms with van der Waals surface area (Å²) in [5.74, 6) is 0.588. The number of piperidine rings is 1. The zero-order valence-corrected chi connectivity index (χ0v) is 16.9. The second-order valence-electron chi connectivity index (χ2n) is 6.33. The quantitative estimate of drug-likeness (QED) is 0.822. The summed E-state index contributed by atoms with van der Waals surface area (Å²) in [5, 5.41) is 9.43. The third-order valence-electron chi connectivity index (χ3n) is 4.37. The first kappa shape index (κ1) is 21.9. The monoisotopic (exact) mass is 401 g/mol. The molecule has 2 N–H and O–H groups in total. The van der Waals surface area contributed by atoms with Crippen molar-refractivity contribution in [1.82, 2.24) is 15.6 Å². The van der Waals surface area contributed by atoms with E-state index in [1.807, 2.05) is 5.38 Å². The lowest BCUT2D eigenvalue weighted by molar-refractivity contribution is -0.121. The topological polar surface area (TPSA) is 54.0 Å². The molecule has 0 spiro atoms. The summed E-state index contributed by atoms with van der Waals surface area (Å²) in [6.45, 7) is 6.17. The molecule has 2 heterocycles. The first-order chi connectivity index (χ1) is 11.1. The lowest BCUT2D eigenvalue weighted by atomic mass is 9.95. The molecule has 7 heteroatoms. The Hall–Kier alpha value is -1.14. The molecule has 0 bridgehead atoms. The number of carbonyl (C=O) groups is 1. The summed E-state index contributed by atoms with van der Waals surface area (Å²) in [6, 6.07) is 8.55. The number of hydrogen-bond donors (Lipinski definition) is 2. The van der Waals surface area contributed by atoms with Crippen LogP contribution in [0.3, 0.4) is 0 Å². The Kier molecular flexibility index (Phi) is 8.86. The third-order valence-corrected chi connectivity index (χ3v) is 5.31. The number of halogens is 2. The van der Waals surface area contributed by atoms with Crippen molar-refractivity contribution < 1.29 is 4.79 Å². The largest absolute Gasteiger partial charge is 0.351 e. The van der Waals surface area contributed by atoms with Gasteiger partial charge in [0.25, 0.3) is 0 Å². The summed E-state index contributed by atoms with van der Waals surface area (Å²) in [4.78, 5) is 16.8. The highest BCUT2D eigenvalue weighted by Crippen LogP contribution is 2.24. The third kappa shape index (κ3) is 5.96. The van der Waals surface area contributed by atoms with Crippen LogP contribution in [0.5, 0.6) is 0 Å². The normalized spacial score (nSPS) is 19.4. The number of hydrogen-bond acceptors (Lipinski definition) is 4. The molecule has 2 atom stereocenters. The fourth-order valence-electron chi connectivity index (χ4n) is 2.82. The fraction of sp³-hybridized carbons (Fsp3) is 0.444. The lowest BCUT2D eigenvalue weighted by Gasteiger charge is -2.30. The van der Waals surface area contributed by atoms with Crippen LogP contribution in [0.15, 0.2) is 29.6 Å². The highest BCUT2D eigenvalue weighted by Gasteiger charge is 2.22. The van der Waals surface area contributed by atoms with Gasteiger partial charge in [-0.2, -0.15) is 0 Å². The summed E-state index contributed by atoms with van der Waals surface area (Å²) in [6.07, 6.45) is 1.46. The minimum absolute atomic E-state index is 0. The molecule has 1 saturated heterocycles. The Morgan fingerprint density at radius 3 is 2.72 bits per heavy atom. The molecular formula is C18H25Cl2N3OS. The summed E-state index contributed by atoms with van der Waals surface area (Å²) < 4.78 is 0. The van der Waals surface area contributed by atoms with E-state index in [9.17, 15) is 4.79 Å². The van der Waals surface area contributed by atoms with Crippen LogP contribution >= 0.6 is 36.2 Å². The molecule has 2 unspecified atom stereocenters. The van der Waals surface area contributed by atoms with Gasteiger partial charge in [-0.15, -0.1) is 36.2 Å². The van der Waals surface area contributed by atoms with Crippen molar-refractivity contribution in [2.45, 2.75) is 32.7 Å². The van der Waals surface area contributed by atoms with Crippen LogP contribution in [0.4, 0.5) is 0 Å². The van der Waals surface area contributed by atoms with Crippen LogP contribution in [0.1, 0.15) is 24.6 Å². The molecule has 2 aromatic rings. The minimum atomic E-state index is 0. The molecule has 25 heavy (non-hydrogen) atoms. The van der Waals surface area contributed by atoms with E-state index in [2.05, 4.69) is 53.7 Å². The van der Waals surface area contributed by atoms with Gasteiger partial charge in [0, 0.05) is 23.5 Å². The van der Waals surface area contributed by atoms with Crippen molar-refractivity contribution in [1.29, 1.82) is 0 Å². The predicted octanol–water partition coefficient (Wildman–Crippen LogP) is 3.62. The van der Waals surface area contributed by atoms with Crippen LogP contribution < -0.4 is 10.6 Å². The van der Waals surface area contributed by atoms with E-state index in [1.54, 1.807) is 11.3 Å². The van der Waals surface area contributed by atoms with Crippen molar-refractivity contribution in [3.8, 4) is 10.6 Å². The molecular weight excluding hydrogens is 377 g/mol. The Morgan fingerprint density at radius 2 is 2.04 bits per heavy atom. The number of carbonyl (C=O) groups excluding carboxylic acids is 1. The van der Waals surface area contributed by atoms with Gasteiger partial charge < -0.3 is 10.6 Å². The smallest absolute Gasteiger partial charge is 0.226 e. The van der Waals surface area contributed by atoms with Crippen molar-refractivity contribution >= 4 is 42.1 Å². The average molecular weight is 402 g/mol. The van der Waals surface area contributed by atoms with Gasteiger partial charge in [0.05, 0.1) is 12.1 Å². The Bertz CT molecular complexity index is 675. The SMILES string of the molecule is Cc1ccc(-c2nc(CC(=O)NC3CNCCC3C)cs2)cc1.Cl.Cl. The van der Waals surface area contributed by atoms with E-state index in [0.29, 0.717) is 12.3 Å². The first-order valence-electron chi connectivity index (χ1n) is 8.13. The van der Waals surface area contributed by atoms with Crippen LogP contribution in [-0.4, -0.2) is 30.0 Å². The van der Waals surface area contributed by atoms with Gasteiger partial charge in [-0.05, 0) is 25.8 Å². The van der Waals surface area contributed by atoms with Gasteiger partial charge >= 0.3 is 0 Å². The number of aryl methyl sites for hydroxylation is 1. The van der Waals surface area contributed by atoms with Crippen LogP contribution in [0, 0.1) is 12.8 Å². The molecule has 1 aromatic heterocycles. The Morgan fingerprint density at radius 1 is 1.32 bits per heavy atom. The van der Waals surface area contributed by atoms with Crippen molar-refractivity contribution in [2.75, 3.05) is 13.1 Å². The van der Waals surface area contributed by atoms with E-state index in [1.165, 1.54) is 5.56 Å². The molecule has 1 fully saturated rings. The zero-order chi connectivity index (χ0) is 16.2. The molecule has 0 radical (unpaired) electrons. The van der Waals surface area contributed by atoms with E-state index in [-0.39, 0.29) is 36.8 Å². The van der Waals surface area contributed by atoms with Gasteiger partial charge in [0.15, 0.2) is 0 Å². The number of amides is 1. The molecule has 1 aliphatic heterocycles. The molecule has 3 rings (SSSR count). The maximum absolute atomic E-state index is 12.2. The van der Waals surface area contributed by atoms with Gasteiger partial charge in [-0.3, -0.25) is 4.79 Å². The van der Waals surface area contributed by atoms with Gasteiger partial charge in [0.1, 0.15) is 5.01 Å². The van der Waals surface area contributed by atoms with E-state index < -0.39 is 0 Å². The molecule has 1 aromatic carbocycles. The van der Waals surface area contributed by atoms with E-state index >= 15 is 0 Å². The Labute approximate surface area is 165 Å². The summed E-state index contributed by atoms with van der Waals surface area (Å²) in [7, 11) is 0. The maximum atomic E-state index is 12.2. The molecule has 0 aliphatic carbocycles. The van der Waals surface area contributed by atoms with Crippen LogP contribution in [0.25, 0.3) is 10.6 Å². The predicted molar refractivity (Wildman–Crippen MR) is 109 cm³/mol. The highest BCUT2D eigenvalue weighted by molar-refractivity contribution is 7.13. The van der Waals surface area contributed by atoms with Crippen molar-refractivity contribution in [2.24, 2.45) is 5.92 Å². The van der Waals surface area contributed by atoms with Crippen molar-refractivity contribution in [3.63, 3.8) is 0 Å². The lowest BCUT2D eigenvalue weighted by Crippen LogP contribution is -2.50. The second kappa shape index (κ2) is 10.1. The second-order valence-corrected chi connectivity index (χ2v) is 7.19. The molecule has 138 valence electrons. The summed E-state index contributed by atoms with van der Waals surface area (Å²) in [5.41, 5.74) is 3.19.